The van der Waals surface area contributed by atoms with Gasteiger partial charge < -0.3 is 19.9 Å². The van der Waals surface area contributed by atoms with E-state index in [1.54, 1.807) is 7.11 Å². The monoisotopic (exact) mass is 331 g/mol. The molecule has 1 aromatic rings. The van der Waals surface area contributed by atoms with E-state index in [4.69, 9.17) is 9.47 Å². The van der Waals surface area contributed by atoms with Gasteiger partial charge in [-0.05, 0) is 37.9 Å². The van der Waals surface area contributed by atoms with E-state index in [2.05, 4.69) is 18.3 Å². The predicted molar refractivity (Wildman–Crippen MR) is 89.7 cm³/mol. The Morgan fingerprint density at radius 3 is 2.92 bits per heavy atom. The first kappa shape index (κ1) is 15.9. The molecule has 1 fully saturated rings. The summed E-state index contributed by atoms with van der Waals surface area (Å²) < 4.78 is 11.7. The maximum Gasteiger partial charge on any atom is 0.174 e. The van der Waals surface area contributed by atoms with Crippen LogP contribution in [-0.4, -0.2) is 42.8 Å². The summed E-state index contributed by atoms with van der Waals surface area (Å²) >= 11 is 0. The van der Waals surface area contributed by atoms with Crippen LogP contribution in [0.25, 0.3) is 0 Å². The number of nitrogens with one attached hydrogen (secondary N) is 1. The molecule has 0 bridgehead atoms. The summed E-state index contributed by atoms with van der Waals surface area (Å²) in [5.41, 5.74) is 0.500. The van der Waals surface area contributed by atoms with Gasteiger partial charge in [0, 0.05) is 18.0 Å². The molecule has 1 aliphatic heterocycles. The number of Topliss-reactive ketones (excluding diaryl/α,β-unsaturated/α-hetero) is 1. The number of hydrogen-bond acceptors (Lipinski definition) is 5. The smallest absolute Gasteiger partial charge is 0.174 e. The molecular weight excluding hydrogens is 306 g/mol. The second-order valence-corrected chi connectivity index (χ2v) is 7.29. The van der Waals surface area contributed by atoms with Gasteiger partial charge in [-0.15, -0.1) is 0 Å². The van der Waals surface area contributed by atoms with Gasteiger partial charge in [0.15, 0.2) is 23.4 Å². The van der Waals surface area contributed by atoms with Gasteiger partial charge in [-0.1, -0.05) is 19.4 Å². The lowest BCUT2D eigenvalue weighted by atomic mass is 9.50. The number of ether oxygens (including phenoxy) is 2. The van der Waals surface area contributed by atoms with E-state index in [1.165, 1.54) is 0 Å². The van der Waals surface area contributed by atoms with Gasteiger partial charge >= 0.3 is 0 Å². The lowest BCUT2D eigenvalue weighted by molar-refractivity contribution is -0.159. The minimum atomic E-state index is -0.985. The van der Waals surface area contributed by atoms with Crippen molar-refractivity contribution in [3.05, 3.63) is 23.3 Å². The molecule has 4 rings (SSSR count). The van der Waals surface area contributed by atoms with E-state index in [9.17, 15) is 9.90 Å². The Hall–Kier alpha value is -1.59. The maximum absolute atomic E-state index is 12.7. The first-order valence-electron chi connectivity index (χ1n) is 8.82. The van der Waals surface area contributed by atoms with Crippen LogP contribution in [0.1, 0.15) is 43.7 Å². The standard InChI is InChI=1S/C19H25NO4/c1-4-8-18-15-11-5-6-13(23-3)16(15)24-17(18)12(21)7-9-19(18,22)14(10-11)20-2/h5-6,14,17,20,22H,4,7-10H2,1-3H3/t14?,17?,18-,19?/m0/s1. The van der Waals surface area contributed by atoms with Crippen LogP contribution in [0.5, 0.6) is 11.5 Å². The maximum atomic E-state index is 12.7. The number of aliphatic hydroxyl groups is 1. The number of carbonyl (C=O) groups excluding carboxylic acids is 1. The Balaban J connectivity index is 2.05. The van der Waals surface area contributed by atoms with Crippen LogP contribution in [0.3, 0.4) is 0 Å². The third-order valence-corrected chi connectivity index (χ3v) is 6.37. The zero-order valence-corrected chi connectivity index (χ0v) is 14.5. The molecule has 130 valence electrons. The molecule has 2 aliphatic carbocycles. The molecule has 3 unspecified atom stereocenters. The summed E-state index contributed by atoms with van der Waals surface area (Å²) in [5, 5.41) is 15.1. The van der Waals surface area contributed by atoms with E-state index < -0.39 is 17.1 Å². The molecule has 3 aliphatic rings. The Bertz CT molecular complexity index is 703. The Kier molecular flexibility index (Phi) is 3.45. The average molecular weight is 331 g/mol. The number of methoxy groups -OCH3 is 1. The highest BCUT2D eigenvalue weighted by atomic mass is 16.5. The van der Waals surface area contributed by atoms with Gasteiger partial charge in [0.05, 0.1) is 18.1 Å². The molecular formula is C19H25NO4. The van der Waals surface area contributed by atoms with Crippen molar-refractivity contribution < 1.29 is 19.4 Å². The largest absolute Gasteiger partial charge is 0.493 e. The average Bonchev–Trinajstić information content (AvgIpc) is 2.94. The molecule has 24 heavy (non-hydrogen) atoms. The van der Waals surface area contributed by atoms with Crippen molar-refractivity contribution in [3.8, 4) is 11.5 Å². The summed E-state index contributed by atoms with van der Waals surface area (Å²) in [6, 6.07) is 3.88. The van der Waals surface area contributed by atoms with Gasteiger partial charge in [-0.2, -0.15) is 0 Å². The van der Waals surface area contributed by atoms with Crippen molar-refractivity contribution in [2.45, 2.75) is 62.2 Å². The lowest BCUT2D eigenvalue weighted by Gasteiger charge is -2.56. The van der Waals surface area contributed by atoms with Crippen molar-refractivity contribution in [1.29, 1.82) is 0 Å². The summed E-state index contributed by atoms with van der Waals surface area (Å²) in [6.45, 7) is 2.10. The number of likely N-dealkylation sites (N-methyl/N-ethyl adjacent to an activating group) is 1. The number of benzene rings is 1. The van der Waals surface area contributed by atoms with Crippen LogP contribution in [-0.2, 0) is 16.6 Å². The third-order valence-electron chi connectivity index (χ3n) is 6.37. The second kappa shape index (κ2) is 5.20. The number of ketones is 1. The fourth-order valence-corrected chi connectivity index (χ4v) is 5.42. The van der Waals surface area contributed by atoms with Crippen LogP contribution in [0.2, 0.25) is 0 Å². The van der Waals surface area contributed by atoms with Crippen LogP contribution in [0.15, 0.2) is 12.1 Å². The molecule has 0 aromatic heterocycles. The number of hydrogen-bond donors (Lipinski definition) is 2. The quantitative estimate of drug-likeness (QED) is 0.879. The van der Waals surface area contributed by atoms with Crippen molar-refractivity contribution in [1.82, 2.24) is 5.32 Å². The van der Waals surface area contributed by atoms with Gasteiger partial charge in [0.25, 0.3) is 0 Å². The zero-order chi connectivity index (χ0) is 17.1. The van der Waals surface area contributed by atoms with E-state index >= 15 is 0 Å². The summed E-state index contributed by atoms with van der Waals surface area (Å²) in [6.07, 6.45) is 2.56. The fraction of sp³-hybridized carbons (Fsp3) is 0.632. The molecule has 0 saturated heterocycles. The predicted octanol–water partition coefficient (Wildman–Crippen LogP) is 1.73. The van der Waals surface area contributed by atoms with Crippen molar-refractivity contribution in [2.24, 2.45) is 0 Å². The van der Waals surface area contributed by atoms with Crippen LogP contribution in [0, 0.1) is 0 Å². The Morgan fingerprint density at radius 1 is 1.46 bits per heavy atom. The summed E-state index contributed by atoms with van der Waals surface area (Å²) in [5.74, 6) is 1.41. The first-order chi connectivity index (χ1) is 11.5. The number of rotatable bonds is 4. The van der Waals surface area contributed by atoms with Crippen molar-refractivity contribution in [3.63, 3.8) is 0 Å². The number of carbonyl (C=O) groups is 1. The Morgan fingerprint density at radius 2 is 2.25 bits per heavy atom. The van der Waals surface area contributed by atoms with Crippen molar-refractivity contribution in [2.75, 3.05) is 14.2 Å². The van der Waals surface area contributed by atoms with E-state index in [0.717, 1.165) is 30.4 Å². The second-order valence-electron chi connectivity index (χ2n) is 7.29. The summed E-state index contributed by atoms with van der Waals surface area (Å²) in [7, 11) is 3.50. The normalized spacial score (nSPS) is 36.2. The van der Waals surface area contributed by atoms with Gasteiger partial charge in [0.2, 0.25) is 0 Å². The third kappa shape index (κ3) is 1.64. The van der Waals surface area contributed by atoms with Gasteiger partial charge in [-0.3, -0.25) is 4.79 Å². The first-order valence-corrected chi connectivity index (χ1v) is 8.82. The van der Waals surface area contributed by atoms with E-state index in [1.807, 2.05) is 13.1 Å². The molecule has 2 N–H and O–H groups in total. The van der Waals surface area contributed by atoms with Gasteiger partial charge in [-0.25, -0.2) is 0 Å². The SMILES string of the molecule is CCC[C@]12c3c4ccc(OC)c3OC1C(=O)CCC2(O)C(NC)C4. The minimum absolute atomic E-state index is 0.0879. The molecule has 4 atom stereocenters. The van der Waals surface area contributed by atoms with Crippen LogP contribution in [0.4, 0.5) is 0 Å². The zero-order valence-electron chi connectivity index (χ0n) is 14.5. The molecule has 0 spiro atoms. The van der Waals surface area contributed by atoms with E-state index in [-0.39, 0.29) is 11.8 Å². The molecule has 1 heterocycles. The molecule has 0 amide bonds. The van der Waals surface area contributed by atoms with Crippen LogP contribution < -0.4 is 14.8 Å². The molecule has 5 nitrogen and oxygen atoms in total. The molecule has 5 heteroatoms. The highest BCUT2D eigenvalue weighted by Crippen LogP contribution is 2.62. The van der Waals surface area contributed by atoms with Gasteiger partial charge in [0.1, 0.15) is 0 Å². The molecule has 1 aromatic carbocycles. The lowest BCUT2D eigenvalue weighted by Crippen LogP contribution is -2.72. The Labute approximate surface area is 142 Å². The highest BCUT2D eigenvalue weighted by molar-refractivity contribution is 5.89. The van der Waals surface area contributed by atoms with Crippen LogP contribution >= 0.6 is 0 Å². The van der Waals surface area contributed by atoms with Crippen molar-refractivity contribution >= 4 is 5.78 Å². The molecule has 0 radical (unpaired) electrons. The summed E-state index contributed by atoms with van der Waals surface area (Å²) in [4.78, 5) is 12.7. The van der Waals surface area contributed by atoms with E-state index in [0.29, 0.717) is 24.3 Å². The topological polar surface area (TPSA) is 67.8 Å². The molecule has 1 saturated carbocycles. The highest BCUT2D eigenvalue weighted by Gasteiger charge is 2.70. The minimum Gasteiger partial charge on any atom is -0.493 e. The fourth-order valence-electron chi connectivity index (χ4n) is 5.42.